The molecule has 0 spiro atoms. The lowest BCUT2D eigenvalue weighted by atomic mass is 9.86. The molecular formula is C15H21NO4. The quantitative estimate of drug-likeness (QED) is 0.891. The summed E-state index contributed by atoms with van der Waals surface area (Å²) in [6.07, 6.45) is 6.80. The highest BCUT2D eigenvalue weighted by molar-refractivity contribution is 5.94. The van der Waals surface area contributed by atoms with Crippen LogP contribution in [0.15, 0.2) is 16.7 Å². The molecule has 110 valence electrons. The molecule has 2 N–H and O–H groups in total. The summed E-state index contributed by atoms with van der Waals surface area (Å²) in [5.74, 6) is -0.894. The second kappa shape index (κ2) is 6.59. The summed E-state index contributed by atoms with van der Waals surface area (Å²) >= 11 is 0. The largest absolute Gasteiger partial charge is 0.481 e. The number of nitrogens with one attached hydrogen (secondary N) is 1. The van der Waals surface area contributed by atoms with Crippen molar-refractivity contribution in [2.24, 2.45) is 5.92 Å². The van der Waals surface area contributed by atoms with Gasteiger partial charge in [0.25, 0.3) is 5.91 Å². The summed E-state index contributed by atoms with van der Waals surface area (Å²) in [7, 11) is 0. The predicted molar refractivity (Wildman–Crippen MR) is 73.5 cm³/mol. The molecule has 1 amide bonds. The van der Waals surface area contributed by atoms with Crippen LogP contribution >= 0.6 is 0 Å². The Hall–Kier alpha value is -1.78. The van der Waals surface area contributed by atoms with Crippen molar-refractivity contribution in [2.45, 2.75) is 51.5 Å². The number of rotatable bonds is 3. The number of aryl methyl sites for hydroxylation is 1. The first-order valence-electron chi connectivity index (χ1n) is 7.16. The third-order valence-corrected chi connectivity index (χ3v) is 3.89. The van der Waals surface area contributed by atoms with Crippen LogP contribution in [0.1, 0.15) is 54.6 Å². The predicted octanol–water partition coefficient (Wildman–Crippen LogP) is 2.74. The van der Waals surface area contributed by atoms with E-state index in [0.717, 1.165) is 32.1 Å². The first-order valence-corrected chi connectivity index (χ1v) is 7.16. The first-order chi connectivity index (χ1) is 9.58. The molecule has 2 atom stereocenters. The lowest BCUT2D eigenvalue weighted by Gasteiger charge is -2.27. The fraction of sp³-hybridized carbons (Fsp3) is 0.600. The Morgan fingerprint density at radius 2 is 1.95 bits per heavy atom. The standard InChI is InChI=1S/C15H21NO4/c1-10-8-11(9-20-10)14(17)16-13-7-5-3-2-4-6-12(13)15(18)19/h8-9,12-13H,2-7H2,1H3,(H,16,17)(H,18,19). The fourth-order valence-corrected chi connectivity index (χ4v) is 2.77. The van der Waals surface area contributed by atoms with Gasteiger partial charge in [0.1, 0.15) is 12.0 Å². The molecule has 1 saturated carbocycles. The number of furan rings is 1. The summed E-state index contributed by atoms with van der Waals surface area (Å²) in [6, 6.07) is 1.36. The number of hydrogen-bond acceptors (Lipinski definition) is 3. The topological polar surface area (TPSA) is 79.5 Å². The first kappa shape index (κ1) is 14.6. The molecular weight excluding hydrogens is 258 g/mol. The number of carboxylic acids is 1. The minimum Gasteiger partial charge on any atom is -0.481 e. The molecule has 1 aliphatic carbocycles. The molecule has 5 heteroatoms. The van der Waals surface area contributed by atoms with Crippen LogP contribution < -0.4 is 5.32 Å². The smallest absolute Gasteiger partial charge is 0.308 e. The van der Waals surface area contributed by atoms with Crippen LogP contribution in [0.2, 0.25) is 0 Å². The van der Waals surface area contributed by atoms with Gasteiger partial charge < -0.3 is 14.8 Å². The Balaban J connectivity index is 2.06. The van der Waals surface area contributed by atoms with E-state index in [1.54, 1.807) is 13.0 Å². The van der Waals surface area contributed by atoms with Crippen LogP contribution in [0.4, 0.5) is 0 Å². The molecule has 5 nitrogen and oxygen atoms in total. The molecule has 1 aromatic rings. The number of amides is 1. The zero-order valence-electron chi connectivity index (χ0n) is 11.7. The highest BCUT2D eigenvalue weighted by Crippen LogP contribution is 2.23. The Kier molecular flexibility index (Phi) is 4.82. The fourth-order valence-electron chi connectivity index (χ4n) is 2.77. The SMILES string of the molecule is Cc1cc(C(=O)NC2CCCCCCC2C(=O)O)co1. The Bertz CT molecular complexity index is 480. The summed E-state index contributed by atoms with van der Waals surface area (Å²) in [5, 5.41) is 12.2. The van der Waals surface area contributed by atoms with Gasteiger partial charge in [-0.05, 0) is 25.8 Å². The number of aliphatic carboxylic acids is 1. The summed E-state index contributed by atoms with van der Waals surface area (Å²) < 4.78 is 5.12. The van der Waals surface area contributed by atoms with Gasteiger partial charge in [0.15, 0.2) is 0 Å². The van der Waals surface area contributed by atoms with Crippen molar-refractivity contribution in [3.05, 3.63) is 23.7 Å². The van der Waals surface area contributed by atoms with Crippen molar-refractivity contribution < 1.29 is 19.1 Å². The second-order valence-corrected chi connectivity index (χ2v) is 5.46. The average Bonchev–Trinajstić information content (AvgIpc) is 2.79. The highest BCUT2D eigenvalue weighted by atomic mass is 16.4. The Labute approximate surface area is 118 Å². The van der Waals surface area contributed by atoms with Crippen LogP contribution in [0.5, 0.6) is 0 Å². The van der Waals surface area contributed by atoms with Gasteiger partial charge in [-0.2, -0.15) is 0 Å². The molecule has 1 aliphatic rings. The third-order valence-electron chi connectivity index (χ3n) is 3.89. The molecule has 0 saturated heterocycles. The zero-order chi connectivity index (χ0) is 14.5. The minimum atomic E-state index is -0.819. The number of carbonyl (C=O) groups excluding carboxylic acids is 1. The lowest BCUT2D eigenvalue weighted by Crippen LogP contribution is -2.43. The number of carboxylic acid groups (broad SMARTS) is 1. The van der Waals surface area contributed by atoms with Crippen LogP contribution in [0.3, 0.4) is 0 Å². The molecule has 20 heavy (non-hydrogen) atoms. The molecule has 0 aliphatic heterocycles. The Morgan fingerprint density at radius 1 is 1.25 bits per heavy atom. The molecule has 0 aromatic carbocycles. The van der Waals surface area contributed by atoms with E-state index in [2.05, 4.69) is 5.32 Å². The van der Waals surface area contributed by atoms with E-state index in [1.807, 2.05) is 0 Å². The van der Waals surface area contributed by atoms with Crippen molar-refractivity contribution in [1.29, 1.82) is 0 Å². The Morgan fingerprint density at radius 3 is 2.55 bits per heavy atom. The molecule has 1 aromatic heterocycles. The van der Waals surface area contributed by atoms with E-state index in [-0.39, 0.29) is 11.9 Å². The maximum atomic E-state index is 12.1. The van der Waals surface area contributed by atoms with E-state index < -0.39 is 11.9 Å². The molecule has 0 radical (unpaired) electrons. The normalized spacial score (nSPS) is 23.6. The monoisotopic (exact) mass is 279 g/mol. The minimum absolute atomic E-state index is 0.251. The number of carbonyl (C=O) groups is 2. The van der Waals surface area contributed by atoms with E-state index in [9.17, 15) is 14.7 Å². The molecule has 2 rings (SSSR count). The van der Waals surface area contributed by atoms with E-state index in [0.29, 0.717) is 17.7 Å². The van der Waals surface area contributed by atoms with Crippen LogP contribution in [0.25, 0.3) is 0 Å². The van der Waals surface area contributed by atoms with Gasteiger partial charge in [0, 0.05) is 6.04 Å². The lowest BCUT2D eigenvalue weighted by molar-refractivity contribution is -0.143. The van der Waals surface area contributed by atoms with Gasteiger partial charge in [0.05, 0.1) is 11.5 Å². The number of hydrogen-bond donors (Lipinski definition) is 2. The van der Waals surface area contributed by atoms with Gasteiger partial charge >= 0.3 is 5.97 Å². The molecule has 1 fully saturated rings. The van der Waals surface area contributed by atoms with Crippen molar-refractivity contribution in [3.8, 4) is 0 Å². The maximum absolute atomic E-state index is 12.1. The van der Waals surface area contributed by atoms with Crippen LogP contribution in [-0.4, -0.2) is 23.0 Å². The van der Waals surface area contributed by atoms with E-state index in [1.165, 1.54) is 6.26 Å². The maximum Gasteiger partial charge on any atom is 0.308 e. The summed E-state index contributed by atoms with van der Waals surface area (Å²) in [4.78, 5) is 23.5. The summed E-state index contributed by atoms with van der Waals surface area (Å²) in [5.41, 5.74) is 0.452. The second-order valence-electron chi connectivity index (χ2n) is 5.46. The molecule has 2 unspecified atom stereocenters. The average molecular weight is 279 g/mol. The summed E-state index contributed by atoms with van der Waals surface area (Å²) in [6.45, 7) is 1.77. The van der Waals surface area contributed by atoms with Crippen molar-refractivity contribution in [3.63, 3.8) is 0 Å². The highest BCUT2D eigenvalue weighted by Gasteiger charge is 2.30. The van der Waals surface area contributed by atoms with Gasteiger partial charge in [-0.25, -0.2) is 0 Å². The van der Waals surface area contributed by atoms with Gasteiger partial charge in [-0.3, -0.25) is 9.59 Å². The van der Waals surface area contributed by atoms with Gasteiger partial charge in [0.2, 0.25) is 0 Å². The molecule has 0 bridgehead atoms. The molecule has 1 heterocycles. The van der Waals surface area contributed by atoms with E-state index in [4.69, 9.17) is 4.42 Å². The van der Waals surface area contributed by atoms with Crippen molar-refractivity contribution in [2.75, 3.05) is 0 Å². The van der Waals surface area contributed by atoms with Gasteiger partial charge in [-0.1, -0.05) is 25.7 Å². The zero-order valence-corrected chi connectivity index (χ0v) is 11.7. The van der Waals surface area contributed by atoms with E-state index >= 15 is 0 Å². The third kappa shape index (κ3) is 3.62. The van der Waals surface area contributed by atoms with Crippen molar-refractivity contribution in [1.82, 2.24) is 5.32 Å². The van der Waals surface area contributed by atoms with Crippen LogP contribution in [0, 0.1) is 12.8 Å². The van der Waals surface area contributed by atoms with Gasteiger partial charge in [-0.15, -0.1) is 0 Å². The van der Waals surface area contributed by atoms with Crippen molar-refractivity contribution >= 4 is 11.9 Å². The van der Waals surface area contributed by atoms with Crippen LogP contribution in [-0.2, 0) is 4.79 Å².